The number of piperidine rings is 1. The van der Waals surface area contributed by atoms with E-state index in [9.17, 15) is 19.1 Å². The number of nitrogens with zero attached hydrogens (tertiary/aromatic N) is 4. The summed E-state index contributed by atoms with van der Waals surface area (Å²) in [7, 11) is 5.49. The second-order valence-electron chi connectivity index (χ2n) is 9.70. The van der Waals surface area contributed by atoms with Gasteiger partial charge in [-0.05, 0) is 69.3 Å². The molecule has 0 aliphatic carbocycles. The fourth-order valence-electron chi connectivity index (χ4n) is 4.69. The highest BCUT2D eigenvalue weighted by molar-refractivity contribution is 6.34. The van der Waals surface area contributed by atoms with Crippen LogP contribution < -0.4 is 15.4 Å². The number of hydrogen-bond donors (Lipinski definition) is 1. The van der Waals surface area contributed by atoms with Crippen LogP contribution in [0, 0.1) is 5.82 Å². The Morgan fingerprint density at radius 3 is 2.32 bits per heavy atom. The topological polar surface area (TPSA) is 69.0 Å². The first-order valence-corrected chi connectivity index (χ1v) is 12.7. The molecule has 4 rings (SSSR count). The summed E-state index contributed by atoms with van der Waals surface area (Å²) < 4.78 is 16.3. The lowest BCUT2D eigenvalue weighted by atomic mass is 9.97. The summed E-state index contributed by atoms with van der Waals surface area (Å²) >= 11 is 6.53. The van der Waals surface area contributed by atoms with Crippen molar-refractivity contribution in [1.29, 1.82) is 0 Å². The number of aryl methyl sites for hydroxylation is 1. The van der Waals surface area contributed by atoms with E-state index in [-0.39, 0.29) is 22.4 Å². The Balaban J connectivity index is 1.75. The number of phenolic OH excluding ortho intramolecular Hbond substituents is 1. The van der Waals surface area contributed by atoms with Crippen LogP contribution in [0.5, 0.6) is 5.75 Å². The quantitative estimate of drug-likeness (QED) is 0.430. The molecule has 1 aliphatic heterocycles. The van der Waals surface area contributed by atoms with Gasteiger partial charge in [-0.1, -0.05) is 17.7 Å². The number of phenols is 1. The number of benzene rings is 2. The van der Waals surface area contributed by atoms with Crippen molar-refractivity contribution in [2.75, 3.05) is 50.1 Å². The van der Waals surface area contributed by atoms with E-state index < -0.39 is 5.82 Å². The molecular weight excluding hydrogens is 495 g/mol. The molecule has 9 heteroatoms. The van der Waals surface area contributed by atoms with Gasteiger partial charge in [0.15, 0.2) is 0 Å². The van der Waals surface area contributed by atoms with E-state index in [1.807, 2.05) is 19.0 Å². The zero-order chi connectivity index (χ0) is 26.7. The number of aromatic nitrogens is 1. The number of pyridine rings is 1. The predicted octanol–water partition coefficient (Wildman–Crippen LogP) is 4.73. The summed E-state index contributed by atoms with van der Waals surface area (Å²) in [5.74, 6) is -0.648. The molecule has 0 bridgehead atoms. The van der Waals surface area contributed by atoms with Gasteiger partial charge in [-0.2, -0.15) is 0 Å². The molecule has 1 N–H and O–H groups in total. The van der Waals surface area contributed by atoms with E-state index in [0.717, 1.165) is 38.8 Å². The van der Waals surface area contributed by atoms with E-state index in [1.54, 1.807) is 37.5 Å². The summed E-state index contributed by atoms with van der Waals surface area (Å²) in [6.45, 7) is 2.69. The van der Waals surface area contributed by atoms with Crippen LogP contribution in [0.2, 0.25) is 5.02 Å². The maximum atomic E-state index is 14.9. The number of rotatable bonds is 8. The van der Waals surface area contributed by atoms with Gasteiger partial charge in [0.1, 0.15) is 17.3 Å². The number of hydrogen-bond acceptors (Lipinski definition) is 5. The van der Waals surface area contributed by atoms with Gasteiger partial charge in [0.05, 0.1) is 10.7 Å². The zero-order valence-electron chi connectivity index (χ0n) is 21.4. The van der Waals surface area contributed by atoms with Crippen molar-refractivity contribution in [2.45, 2.75) is 19.3 Å². The van der Waals surface area contributed by atoms with Crippen LogP contribution in [-0.2, 0) is 11.8 Å². The second kappa shape index (κ2) is 11.4. The summed E-state index contributed by atoms with van der Waals surface area (Å²) in [6.07, 6.45) is 5.48. The average molecular weight is 527 g/mol. The molecule has 1 aliphatic rings. The summed E-state index contributed by atoms with van der Waals surface area (Å²) in [4.78, 5) is 30.0. The number of likely N-dealkylation sites (N-methyl/N-ethyl adjacent to an activating group) is 1. The number of amides is 1. The normalized spacial score (nSPS) is 13.7. The maximum Gasteiger partial charge on any atom is 0.273 e. The zero-order valence-corrected chi connectivity index (χ0v) is 22.1. The molecule has 3 aromatic rings. The van der Waals surface area contributed by atoms with Gasteiger partial charge in [-0.15, -0.1) is 0 Å². The van der Waals surface area contributed by atoms with Crippen LogP contribution in [0.4, 0.5) is 15.8 Å². The third kappa shape index (κ3) is 5.81. The van der Waals surface area contributed by atoms with Crippen LogP contribution in [0.25, 0.3) is 22.3 Å². The largest absolute Gasteiger partial charge is 0.507 e. The summed E-state index contributed by atoms with van der Waals surface area (Å²) in [5.41, 5.74) is 2.54. The number of halogens is 2. The highest BCUT2D eigenvalue weighted by Gasteiger charge is 2.20. The first kappa shape index (κ1) is 26.7. The van der Waals surface area contributed by atoms with Gasteiger partial charge in [0, 0.05) is 56.1 Å². The number of anilines is 2. The molecule has 2 heterocycles. The molecule has 0 atom stereocenters. The van der Waals surface area contributed by atoms with E-state index in [4.69, 9.17) is 11.6 Å². The first-order valence-electron chi connectivity index (χ1n) is 12.3. The number of carbonyl (C=O) groups excluding carboxylic acids is 1. The Morgan fingerprint density at radius 1 is 1.03 bits per heavy atom. The smallest absolute Gasteiger partial charge is 0.273 e. The monoisotopic (exact) mass is 526 g/mol. The lowest BCUT2D eigenvalue weighted by Gasteiger charge is -2.28. The van der Waals surface area contributed by atoms with Crippen molar-refractivity contribution >= 4 is 29.4 Å². The number of carbonyl (C=O) groups is 1. The van der Waals surface area contributed by atoms with Crippen LogP contribution in [-0.4, -0.2) is 61.3 Å². The van der Waals surface area contributed by atoms with Gasteiger partial charge < -0.3 is 24.4 Å². The minimum atomic E-state index is -0.531. The third-order valence-electron chi connectivity index (χ3n) is 6.73. The fraction of sp³-hybridized carbons (Fsp3) is 0.357. The first-order chi connectivity index (χ1) is 17.7. The molecular formula is C28H32ClFN4O3. The van der Waals surface area contributed by atoms with Crippen molar-refractivity contribution in [2.24, 2.45) is 7.05 Å². The lowest BCUT2D eigenvalue weighted by Crippen LogP contribution is -2.35. The van der Waals surface area contributed by atoms with E-state index >= 15 is 0 Å². The lowest BCUT2D eigenvalue weighted by molar-refractivity contribution is -0.107. The van der Waals surface area contributed by atoms with Gasteiger partial charge in [0.25, 0.3) is 5.56 Å². The van der Waals surface area contributed by atoms with Crippen molar-refractivity contribution in [3.8, 4) is 28.0 Å². The van der Waals surface area contributed by atoms with Gasteiger partial charge >= 0.3 is 0 Å². The van der Waals surface area contributed by atoms with Crippen molar-refractivity contribution < 1.29 is 14.3 Å². The summed E-state index contributed by atoms with van der Waals surface area (Å²) in [5, 5.41) is 11.6. The summed E-state index contributed by atoms with van der Waals surface area (Å²) in [6, 6.07) is 9.25. The van der Waals surface area contributed by atoms with Gasteiger partial charge in [-0.3, -0.25) is 9.59 Å². The fourth-order valence-corrected chi connectivity index (χ4v) is 4.98. The average Bonchev–Trinajstić information content (AvgIpc) is 2.88. The van der Waals surface area contributed by atoms with Crippen molar-refractivity contribution in [3.63, 3.8) is 0 Å². The highest BCUT2D eigenvalue weighted by atomic mass is 35.5. The molecule has 0 spiro atoms. The Kier molecular flexibility index (Phi) is 8.19. The molecule has 0 radical (unpaired) electrons. The standard InChI is InChI=1S/C28H32ClFN4O3/c1-31(2)11-12-34(18-35)25-8-7-19(13-24(25)29)22-15-21(30)16-23(27(22)36)20-14-26(28(37)32(3)17-20)33-9-5-4-6-10-33/h7-8,13-18,36H,4-6,9-12H2,1-3H3. The maximum absolute atomic E-state index is 14.9. The number of aromatic hydroxyl groups is 1. The van der Waals surface area contributed by atoms with Crippen molar-refractivity contribution in [1.82, 2.24) is 9.47 Å². The molecule has 1 amide bonds. The molecule has 7 nitrogen and oxygen atoms in total. The van der Waals surface area contributed by atoms with Gasteiger partial charge in [0.2, 0.25) is 6.41 Å². The van der Waals surface area contributed by atoms with E-state index in [2.05, 4.69) is 4.90 Å². The Hall–Kier alpha value is -3.36. The minimum Gasteiger partial charge on any atom is -0.507 e. The molecule has 1 saturated heterocycles. The molecule has 1 fully saturated rings. The molecule has 2 aromatic carbocycles. The van der Waals surface area contributed by atoms with Crippen LogP contribution in [0.15, 0.2) is 47.4 Å². The molecule has 196 valence electrons. The molecule has 37 heavy (non-hydrogen) atoms. The van der Waals surface area contributed by atoms with Crippen LogP contribution in [0.1, 0.15) is 19.3 Å². The minimum absolute atomic E-state index is 0.117. The van der Waals surface area contributed by atoms with Crippen LogP contribution >= 0.6 is 11.6 Å². The third-order valence-corrected chi connectivity index (χ3v) is 7.03. The Bertz CT molecular complexity index is 1350. The van der Waals surface area contributed by atoms with Crippen LogP contribution in [0.3, 0.4) is 0 Å². The van der Waals surface area contributed by atoms with E-state index in [1.165, 1.54) is 21.6 Å². The molecule has 0 saturated carbocycles. The molecule has 0 unspecified atom stereocenters. The Labute approximate surface area is 221 Å². The predicted molar refractivity (Wildman–Crippen MR) is 147 cm³/mol. The highest BCUT2D eigenvalue weighted by Crippen LogP contribution is 2.41. The Morgan fingerprint density at radius 2 is 1.70 bits per heavy atom. The second-order valence-corrected chi connectivity index (χ2v) is 10.1. The van der Waals surface area contributed by atoms with Gasteiger partial charge in [-0.25, -0.2) is 4.39 Å². The molecule has 1 aromatic heterocycles. The SMILES string of the molecule is CN(C)CCN(C=O)c1ccc(-c2cc(F)cc(-c3cc(N4CCCCC4)c(=O)n(C)c3)c2O)cc1Cl. The van der Waals surface area contributed by atoms with Crippen molar-refractivity contribution in [3.05, 3.63) is 63.8 Å². The van der Waals surface area contributed by atoms with E-state index in [0.29, 0.717) is 40.6 Å².